The molecule has 8 heteroatoms. The number of anilines is 1. The van der Waals surface area contributed by atoms with Gasteiger partial charge in [0.25, 0.3) is 5.56 Å². The van der Waals surface area contributed by atoms with Crippen LogP contribution in [-0.4, -0.2) is 28.2 Å². The second-order valence-electron chi connectivity index (χ2n) is 6.56. The number of nitrogens with one attached hydrogen (secondary N) is 2. The molecule has 2 atom stereocenters. The lowest BCUT2D eigenvalue weighted by Crippen LogP contribution is -2.18. The minimum atomic E-state index is -0.253. The molecular formula is C18H21N3O4S. The fraction of sp³-hybridized carbons (Fsp3) is 0.444. The number of rotatable bonds is 4. The van der Waals surface area contributed by atoms with Crippen molar-refractivity contribution in [3.63, 3.8) is 0 Å². The van der Waals surface area contributed by atoms with Crippen molar-refractivity contribution in [1.82, 2.24) is 9.78 Å². The molecule has 1 aromatic heterocycles. The Kier molecular flexibility index (Phi) is 4.44. The number of H-pyrrole nitrogens is 1. The zero-order chi connectivity index (χ0) is 18.3. The predicted octanol–water partition coefficient (Wildman–Crippen LogP) is 3.04. The van der Waals surface area contributed by atoms with E-state index in [2.05, 4.69) is 17.3 Å². The summed E-state index contributed by atoms with van der Waals surface area (Å²) in [6, 6.07) is 5.77. The Bertz CT molecular complexity index is 904. The molecular weight excluding hydrogens is 354 g/mol. The molecule has 0 radical (unpaired) electrons. The highest BCUT2D eigenvalue weighted by Gasteiger charge is 2.32. The van der Waals surface area contributed by atoms with E-state index in [4.69, 9.17) is 9.47 Å². The Labute approximate surface area is 155 Å². The standard InChI is InChI=1S/C18H21N3O4S/c1-3-4-10(2)21-17-15(18(23)20-21)16(26-8-14(22)19-17)11-5-6-12-13(7-11)25-9-24-12/h5-7,10,16H,3-4,8-9H2,1-2H3,(H,19,22)(H,20,23)/t10-,16-/m0/s1. The number of carbonyl (C=O) groups is 1. The van der Waals surface area contributed by atoms with E-state index in [0.29, 0.717) is 22.9 Å². The second kappa shape index (κ2) is 6.75. The number of fused-ring (bicyclic) bond motifs is 2. The van der Waals surface area contributed by atoms with Gasteiger partial charge in [0.1, 0.15) is 5.82 Å². The molecule has 3 heterocycles. The van der Waals surface area contributed by atoms with Gasteiger partial charge in [0.2, 0.25) is 12.7 Å². The van der Waals surface area contributed by atoms with Crippen molar-refractivity contribution >= 4 is 23.5 Å². The summed E-state index contributed by atoms with van der Waals surface area (Å²) in [5.41, 5.74) is 1.34. The summed E-state index contributed by atoms with van der Waals surface area (Å²) < 4.78 is 12.6. The van der Waals surface area contributed by atoms with Gasteiger partial charge in [-0.15, -0.1) is 11.8 Å². The SMILES string of the molecule is CCC[C@H](C)n1[nH]c(=O)c2c1NC(=O)CS[C@H]2c1ccc2c(c1)OCO2. The number of thioether (sulfide) groups is 1. The number of amides is 1. The molecule has 0 saturated heterocycles. The smallest absolute Gasteiger partial charge is 0.270 e. The second-order valence-corrected chi connectivity index (χ2v) is 7.66. The number of aromatic amines is 1. The van der Waals surface area contributed by atoms with Crippen LogP contribution in [0, 0.1) is 0 Å². The molecule has 0 saturated carbocycles. The number of benzene rings is 1. The van der Waals surface area contributed by atoms with Crippen LogP contribution in [0.2, 0.25) is 0 Å². The maximum Gasteiger partial charge on any atom is 0.270 e. The van der Waals surface area contributed by atoms with Crippen LogP contribution in [0.3, 0.4) is 0 Å². The zero-order valence-electron chi connectivity index (χ0n) is 14.7. The molecule has 0 spiro atoms. The zero-order valence-corrected chi connectivity index (χ0v) is 15.5. The van der Waals surface area contributed by atoms with Crippen molar-refractivity contribution in [1.29, 1.82) is 0 Å². The van der Waals surface area contributed by atoms with E-state index >= 15 is 0 Å². The third-order valence-corrected chi connectivity index (χ3v) is 5.98. The van der Waals surface area contributed by atoms with E-state index < -0.39 is 0 Å². The third kappa shape index (κ3) is 2.88. The van der Waals surface area contributed by atoms with Crippen LogP contribution in [0.5, 0.6) is 11.5 Å². The first-order chi connectivity index (χ1) is 12.6. The topological polar surface area (TPSA) is 85.4 Å². The Morgan fingerprint density at radius 3 is 2.92 bits per heavy atom. The fourth-order valence-electron chi connectivity index (χ4n) is 3.46. The lowest BCUT2D eigenvalue weighted by atomic mass is 10.1. The highest BCUT2D eigenvalue weighted by Crippen LogP contribution is 2.43. The summed E-state index contributed by atoms with van der Waals surface area (Å²) in [7, 11) is 0. The van der Waals surface area contributed by atoms with E-state index in [1.54, 1.807) is 4.68 Å². The largest absolute Gasteiger partial charge is 0.454 e. The molecule has 2 aromatic rings. The van der Waals surface area contributed by atoms with Gasteiger partial charge >= 0.3 is 0 Å². The molecule has 138 valence electrons. The number of carbonyl (C=O) groups excluding carboxylic acids is 1. The molecule has 2 aliphatic heterocycles. The number of hydrogen-bond donors (Lipinski definition) is 2. The quantitative estimate of drug-likeness (QED) is 0.858. The first kappa shape index (κ1) is 17.1. The lowest BCUT2D eigenvalue weighted by molar-refractivity contribution is -0.113. The van der Waals surface area contributed by atoms with Crippen LogP contribution in [0.25, 0.3) is 0 Å². The minimum absolute atomic E-state index is 0.0947. The van der Waals surface area contributed by atoms with Crippen molar-refractivity contribution in [2.45, 2.75) is 38.0 Å². The maximum atomic E-state index is 12.8. The average Bonchev–Trinajstić information content (AvgIpc) is 3.16. The molecule has 7 nitrogen and oxygen atoms in total. The van der Waals surface area contributed by atoms with Gasteiger partial charge < -0.3 is 14.8 Å². The highest BCUT2D eigenvalue weighted by molar-refractivity contribution is 8.00. The third-order valence-electron chi connectivity index (χ3n) is 4.71. The Balaban J connectivity index is 1.81. The number of aromatic nitrogens is 2. The summed E-state index contributed by atoms with van der Waals surface area (Å²) in [5, 5.41) is 5.58. The minimum Gasteiger partial charge on any atom is -0.454 e. The molecule has 0 bridgehead atoms. The van der Waals surface area contributed by atoms with Gasteiger partial charge in [-0.2, -0.15) is 0 Å². The van der Waals surface area contributed by atoms with Crippen molar-refractivity contribution in [3.8, 4) is 11.5 Å². The number of ether oxygens (including phenoxy) is 2. The normalized spacial score (nSPS) is 19.6. The molecule has 2 aliphatic rings. The first-order valence-electron chi connectivity index (χ1n) is 8.74. The van der Waals surface area contributed by atoms with Crippen molar-refractivity contribution in [3.05, 3.63) is 39.7 Å². The Hall–Kier alpha value is -2.35. The summed E-state index contributed by atoms with van der Waals surface area (Å²) in [4.78, 5) is 25.0. The monoisotopic (exact) mass is 375 g/mol. The van der Waals surface area contributed by atoms with E-state index in [9.17, 15) is 9.59 Å². The molecule has 26 heavy (non-hydrogen) atoms. The van der Waals surface area contributed by atoms with Crippen LogP contribution in [0.1, 0.15) is 49.1 Å². The molecule has 0 aliphatic carbocycles. The van der Waals surface area contributed by atoms with Crippen LogP contribution in [0.15, 0.2) is 23.0 Å². The predicted molar refractivity (Wildman–Crippen MR) is 100 cm³/mol. The Morgan fingerprint density at radius 1 is 1.31 bits per heavy atom. The van der Waals surface area contributed by atoms with E-state index in [-0.39, 0.29) is 35.3 Å². The maximum absolute atomic E-state index is 12.8. The summed E-state index contributed by atoms with van der Waals surface area (Å²) in [6.07, 6.45) is 1.90. The summed E-state index contributed by atoms with van der Waals surface area (Å²) in [5.74, 6) is 2.13. The number of hydrogen-bond acceptors (Lipinski definition) is 5. The van der Waals surface area contributed by atoms with E-state index in [1.807, 2.05) is 25.1 Å². The van der Waals surface area contributed by atoms with Crippen molar-refractivity contribution < 1.29 is 14.3 Å². The van der Waals surface area contributed by atoms with Gasteiger partial charge in [0.05, 0.1) is 16.6 Å². The lowest BCUT2D eigenvalue weighted by Gasteiger charge is -2.17. The van der Waals surface area contributed by atoms with Gasteiger partial charge in [-0.3, -0.25) is 19.4 Å². The van der Waals surface area contributed by atoms with Gasteiger partial charge in [0.15, 0.2) is 11.5 Å². The van der Waals surface area contributed by atoms with Crippen LogP contribution < -0.4 is 20.3 Å². The van der Waals surface area contributed by atoms with E-state index in [0.717, 1.165) is 18.4 Å². The van der Waals surface area contributed by atoms with Gasteiger partial charge in [-0.1, -0.05) is 19.4 Å². The molecule has 1 aromatic carbocycles. The van der Waals surface area contributed by atoms with E-state index in [1.165, 1.54) is 11.8 Å². The molecule has 0 unspecified atom stereocenters. The van der Waals surface area contributed by atoms with Crippen LogP contribution in [0.4, 0.5) is 5.82 Å². The van der Waals surface area contributed by atoms with Gasteiger partial charge in [0, 0.05) is 6.04 Å². The summed E-state index contributed by atoms with van der Waals surface area (Å²) >= 11 is 1.44. The van der Waals surface area contributed by atoms with Crippen molar-refractivity contribution in [2.24, 2.45) is 0 Å². The Morgan fingerprint density at radius 2 is 2.12 bits per heavy atom. The molecule has 0 fully saturated rings. The van der Waals surface area contributed by atoms with Crippen LogP contribution in [-0.2, 0) is 4.79 Å². The fourth-order valence-corrected chi connectivity index (χ4v) is 4.58. The highest BCUT2D eigenvalue weighted by atomic mass is 32.2. The molecule has 4 rings (SSSR count). The first-order valence-corrected chi connectivity index (χ1v) is 9.78. The van der Waals surface area contributed by atoms with Crippen molar-refractivity contribution in [2.75, 3.05) is 17.9 Å². The average molecular weight is 375 g/mol. The summed E-state index contributed by atoms with van der Waals surface area (Å²) in [6.45, 7) is 4.34. The number of nitrogens with zero attached hydrogens (tertiary/aromatic N) is 1. The van der Waals surface area contributed by atoms with Gasteiger partial charge in [-0.05, 0) is 31.0 Å². The molecule has 2 N–H and O–H groups in total. The molecule has 1 amide bonds. The van der Waals surface area contributed by atoms with Crippen LogP contribution >= 0.6 is 11.8 Å². The van der Waals surface area contributed by atoms with Gasteiger partial charge in [-0.25, -0.2) is 0 Å².